The van der Waals surface area contributed by atoms with Gasteiger partial charge in [-0.2, -0.15) is 0 Å². The lowest BCUT2D eigenvalue weighted by Gasteiger charge is -2.26. The van der Waals surface area contributed by atoms with Crippen molar-refractivity contribution in [3.63, 3.8) is 0 Å². The standard InChI is InChI=1S/C8H11BClN3O3/c10-7-6(9(14)15)5-11-8(12-7)13-1-3-16-4-2-13/h5,14-15H,1-4H2/i1D2,2D2,3D2,4D2. The van der Waals surface area contributed by atoms with E-state index in [4.69, 9.17) is 32.6 Å². The molecule has 0 bridgehead atoms. The van der Waals surface area contributed by atoms with Crippen LogP contribution in [0.15, 0.2) is 6.20 Å². The molecule has 1 aliphatic heterocycles. The summed E-state index contributed by atoms with van der Waals surface area (Å²) in [6.45, 7) is -12.9. The molecule has 1 fully saturated rings. The topological polar surface area (TPSA) is 78.7 Å². The Labute approximate surface area is 109 Å². The summed E-state index contributed by atoms with van der Waals surface area (Å²) in [7, 11) is -2.04. The average Bonchev–Trinajstić information content (AvgIpc) is 2.34. The predicted octanol–water partition coefficient (Wildman–Crippen LogP) is -1.35. The molecule has 2 N–H and O–H groups in total. The van der Waals surface area contributed by atoms with Crippen LogP contribution < -0.4 is 10.4 Å². The Kier molecular flexibility index (Phi) is 1.61. The molecule has 1 saturated heterocycles. The van der Waals surface area contributed by atoms with Crippen LogP contribution in [0.2, 0.25) is 5.15 Å². The van der Waals surface area contributed by atoms with E-state index in [2.05, 4.69) is 14.7 Å². The van der Waals surface area contributed by atoms with Crippen molar-refractivity contribution in [3.05, 3.63) is 11.3 Å². The number of hydrogen-bond acceptors (Lipinski definition) is 6. The molecular weight excluding hydrogens is 232 g/mol. The average molecular weight is 252 g/mol. The van der Waals surface area contributed by atoms with Gasteiger partial charge in [-0.3, -0.25) is 0 Å². The van der Waals surface area contributed by atoms with Crippen molar-refractivity contribution in [2.75, 3.05) is 31.0 Å². The zero-order valence-corrected chi connectivity index (χ0v) is 8.43. The van der Waals surface area contributed by atoms with Gasteiger partial charge in [0, 0.05) is 24.7 Å². The van der Waals surface area contributed by atoms with E-state index in [1.54, 1.807) is 0 Å². The highest BCUT2D eigenvalue weighted by Crippen LogP contribution is 2.11. The first-order valence-electron chi connectivity index (χ1n) is 8.04. The minimum Gasteiger partial charge on any atom is -0.423 e. The first-order valence-corrected chi connectivity index (χ1v) is 4.42. The van der Waals surface area contributed by atoms with E-state index in [-0.39, 0.29) is 10.4 Å². The van der Waals surface area contributed by atoms with Crippen LogP contribution in [0.5, 0.6) is 0 Å². The third kappa shape index (κ3) is 2.44. The summed E-state index contributed by atoms with van der Waals surface area (Å²) >= 11 is 5.71. The fourth-order valence-electron chi connectivity index (χ4n) is 0.933. The van der Waals surface area contributed by atoms with Gasteiger partial charge in [0.05, 0.1) is 24.1 Å². The summed E-state index contributed by atoms with van der Waals surface area (Å²) in [5.74, 6) is -0.796. The minimum atomic E-state index is -3.26. The smallest absolute Gasteiger partial charge is 0.423 e. The number of rotatable bonds is 2. The van der Waals surface area contributed by atoms with E-state index in [9.17, 15) is 0 Å². The summed E-state index contributed by atoms with van der Waals surface area (Å²) in [5.41, 5.74) is -0.346. The summed E-state index contributed by atoms with van der Waals surface area (Å²) in [6, 6.07) is 0. The molecule has 1 aliphatic rings. The Balaban J connectivity index is 2.66. The largest absolute Gasteiger partial charge is 0.493 e. The molecule has 16 heavy (non-hydrogen) atoms. The SMILES string of the molecule is [2H]C1([2H])OC([2H])([2H])C([2H])([2H])N(c2ncc(B(O)O)c(Cl)n2)C1([2H])[2H]. The summed E-state index contributed by atoms with van der Waals surface area (Å²) < 4.78 is 65.9. The zero-order chi connectivity index (χ0) is 18.7. The van der Waals surface area contributed by atoms with Gasteiger partial charge in [0.15, 0.2) is 0 Å². The van der Waals surface area contributed by atoms with Crippen molar-refractivity contribution < 1.29 is 25.8 Å². The maximum atomic E-state index is 9.07. The molecule has 0 radical (unpaired) electrons. The molecule has 0 unspecified atom stereocenters. The van der Waals surface area contributed by atoms with E-state index in [1.807, 2.05) is 0 Å². The van der Waals surface area contributed by atoms with Crippen LogP contribution in [-0.4, -0.2) is 53.2 Å². The molecule has 0 atom stereocenters. The molecule has 0 spiro atoms. The van der Waals surface area contributed by atoms with E-state index < -0.39 is 44.3 Å². The van der Waals surface area contributed by atoms with Gasteiger partial charge in [-0.1, -0.05) is 11.6 Å². The van der Waals surface area contributed by atoms with Gasteiger partial charge < -0.3 is 19.7 Å². The van der Waals surface area contributed by atoms with E-state index in [0.29, 0.717) is 0 Å². The van der Waals surface area contributed by atoms with Crippen LogP contribution in [0.1, 0.15) is 11.0 Å². The predicted molar refractivity (Wildman–Crippen MR) is 59.9 cm³/mol. The van der Waals surface area contributed by atoms with Crippen molar-refractivity contribution in [1.29, 1.82) is 0 Å². The van der Waals surface area contributed by atoms with Gasteiger partial charge >= 0.3 is 7.12 Å². The quantitative estimate of drug-likeness (QED) is 0.500. The minimum absolute atomic E-state index is 0.0307. The third-order valence-electron chi connectivity index (χ3n) is 1.65. The zero-order valence-electron chi connectivity index (χ0n) is 15.7. The van der Waals surface area contributed by atoms with Crippen molar-refractivity contribution in [1.82, 2.24) is 9.97 Å². The van der Waals surface area contributed by atoms with Gasteiger partial charge in [0.2, 0.25) is 5.95 Å². The van der Waals surface area contributed by atoms with Crippen LogP contribution in [0, 0.1) is 0 Å². The summed E-state index contributed by atoms with van der Waals surface area (Å²) in [6.07, 6.45) is 0.780. The van der Waals surface area contributed by atoms with E-state index in [0.717, 1.165) is 6.20 Å². The fourth-order valence-corrected chi connectivity index (χ4v) is 1.16. The molecule has 0 aliphatic carbocycles. The lowest BCUT2D eigenvalue weighted by atomic mass is 9.83. The second-order valence-corrected chi connectivity index (χ2v) is 3.01. The maximum absolute atomic E-state index is 9.07. The number of nitrogens with zero attached hydrogens (tertiary/aromatic N) is 3. The first-order chi connectivity index (χ1) is 10.6. The van der Waals surface area contributed by atoms with Crippen molar-refractivity contribution in [3.8, 4) is 0 Å². The van der Waals surface area contributed by atoms with Gasteiger partial charge in [0.25, 0.3) is 0 Å². The van der Waals surface area contributed by atoms with Gasteiger partial charge in [-0.05, 0) is 0 Å². The van der Waals surface area contributed by atoms with Gasteiger partial charge in [-0.15, -0.1) is 0 Å². The normalized spacial score (nSPS) is 36.3. The third-order valence-corrected chi connectivity index (χ3v) is 1.95. The van der Waals surface area contributed by atoms with Crippen LogP contribution in [0.3, 0.4) is 0 Å². The highest BCUT2D eigenvalue weighted by molar-refractivity contribution is 6.62. The lowest BCUT2D eigenvalue weighted by molar-refractivity contribution is 0.122. The Hall–Kier alpha value is -0.885. The Morgan fingerprint density at radius 3 is 2.75 bits per heavy atom. The number of hydrogen-bond donors (Lipinski definition) is 2. The van der Waals surface area contributed by atoms with Crippen LogP contribution in [0.25, 0.3) is 0 Å². The second-order valence-electron chi connectivity index (χ2n) is 2.66. The lowest BCUT2D eigenvalue weighted by Crippen LogP contribution is -2.39. The highest BCUT2D eigenvalue weighted by Gasteiger charge is 2.20. The number of aromatic nitrogens is 2. The summed E-state index contributed by atoms with van der Waals surface area (Å²) in [5, 5.41) is 17.6. The molecule has 86 valence electrons. The number of ether oxygens (including phenoxy) is 1. The van der Waals surface area contributed by atoms with Crippen molar-refractivity contribution in [2.24, 2.45) is 0 Å². The summed E-state index contributed by atoms with van der Waals surface area (Å²) in [4.78, 5) is 7.11. The molecule has 2 heterocycles. The Bertz CT molecular complexity index is 637. The van der Waals surface area contributed by atoms with Crippen LogP contribution in [-0.2, 0) is 4.74 Å². The van der Waals surface area contributed by atoms with E-state index >= 15 is 0 Å². The number of morpholine rings is 1. The molecule has 0 aromatic carbocycles. The fraction of sp³-hybridized carbons (Fsp3) is 0.500. The van der Waals surface area contributed by atoms with Crippen LogP contribution in [0.4, 0.5) is 5.95 Å². The second kappa shape index (κ2) is 4.96. The maximum Gasteiger partial charge on any atom is 0.493 e. The van der Waals surface area contributed by atoms with Crippen molar-refractivity contribution >= 4 is 30.1 Å². The molecule has 8 heteroatoms. The number of anilines is 1. The molecule has 1 aromatic rings. The molecule has 2 rings (SSSR count). The van der Waals surface area contributed by atoms with Gasteiger partial charge in [-0.25, -0.2) is 9.97 Å². The Morgan fingerprint density at radius 1 is 1.50 bits per heavy atom. The van der Waals surface area contributed by atoms with Crippen molar-refractivity contribution in [2.45, 2.75) is 0 Å². The van der Waals surface area contributed by atoms with E-state index in [1.165, 1.54) is 0 Å². The molecule has 0 amide bonds. The molecule has 6 nitrogen and oxygen atoms in total. The number of halogens is 1. The monoisotopic (exact) mass is 251 g/mol. The molecular formula is C8H11BClN3O3. The van der Waals surface area contributed by atoms with Crippen LogP contribution >= 0.6 is 11.6 Å². The van der Waals surface area contributed by atoms with Gasteiger partial charge in [0.1, 0.15) is 5.15 Å². The first kappa shape index (κ1) is 5.18. The molecule has 1 aromatic heterocycles. The highest BCUT2D eigenvalue weighted by atomic mass is 35.5. The molecule has 0 saturated carbocycles. The Morgan fingerprint density at radius 2 is 2.19 bits per heavy atom.